The summed E-state index contributed by atoms with van der Waals surface area (Å²) in [5.74, 6) is -3.52. The Balaban J connectivity index is 1.75. The number of hydrogen-bond acceptors (Lipinski definition) is 5. The molecule has 0 saturated carbocycles. The van der Waals surface area contributed by atoms with E-state index in [0.29, 0.717) is 28.8 Å². The smallest absolute Gasteiger partial charge is 0.290 e. The Labute approximate surface area is 207 Å². The fraction of sp³-hybridized carbons (Fsp3) is 0.423. The lowest BCUT2D eigenvalue weighted by atomic mass is 9.94. The predicted molar refractivity (Wildman–Crippen MR) is 132 cm³/mol. The van der Waals surface area contributed by atoms with Crippen molar-refractivity contribution in [3.63, 3.8) is 0 Å². The Morgan fingerprint density at radius 1 is 1.17 bits per heavy atom. The molecule has 3 aromatic rings. The third kappa shape index (κ3) is 4.68. The van der Waals surface area contributed by atoms with Crippen molar-refractivity contribution in [3.05, 3.63) is 75.6 Å². The van der Waals surface area contributed by atoms with Crippen molar-refractivity contribution in [1.29, 1.82) is 0 Å². The average molecular weight is 500 g/mol. The van der Waals surface area contributed by atoms with Crippen LogP contribution >= 0.6 is 0 Å². The van der Waals surface area contributed by atoms with Gasteiger partial charge in [-0.3, -0.25) is 9.69 Å². The molecule has 1 aromatic carbocycles. The summed E-state index contributed by atoms with van der Waals surface area (Å²) in [5, 5.41) is 0. The summed E-state index contributed by atoms with van der Waals surface area (Å²) in [4.78, 5) is 24.3. The van der Waals surface area contributed by atoms with E-state index in [2.05, 4.69) is 9.83 Å². The molecule has 36 heavy (non-hydrogen) atoms. The lowest BCUT2D eigenvalue weighted by Crippen LogP contribution is -2.60. The molecular weight excluding hydrogens is 471 g/mol. The van der Waals surface area contributed by atoms with E-state index in [1.807, 2.05) is 18.7 Å². The van der Waals surface area contributed by atoms with Gasteiger partial charge in [0.15, 0.2) is 0 Å². The van der Waals surface area contributed by atoms with Gasteiger partial charge in [0.2, 0.25) is 5.52 Å². The van der Waals surface area contributed by atoms with Crippen molar-refractivity contribution in [2.75, 3.05) is 31.7 Å². The minimum Gasteiger partial charge on any atom is -0.378 e. The number of halogens is 3. The average Bonchev–Trinajstić information content (AvgIpc) is 2.84. The van der Waals surface area contributed by atoms with Crippen LogP contribution in [0.3, 0.4) is 0 Å². The summed E-state index contributed by atoms with van der Waals surface area (Å²) in [6.45, 7) is 10.9. The number of alkyl halides is 2. The van der Waals surface area contributed by atoms with Crippen molar-refractivity contribution >= 4 is 22.5 Å². The maximum atomic E-state index is 15.4. The van der Waals surface area contributed by atoms with E-state index in [4.69, 9.17) is 11.3 Å². The molecule has 7 nitrogen and oxygen atoms in total. The molecule has 4 rings (SSSR count). The Hall–Kier alpha value is -3.42. The first-order valence-electron chi connectivity index (χ1n) is 11.6. The maximum Gasteiger partial charge on any atom is 0.290 e. The Morgan fingerprint density at radius 2 is 1.86 bits per heavy atom. The van der Waals surface area contributed by atoms with Crippen LogP contribution in [0.1, 0.15) is 25.5 Å². The number of aryl methyl sites for hydroxylation is 1. The largest absolute Gasteiger partial charge is 0.378 e. The SMILES string of the molecule is [C-]#[N+]c1ccc2c(n1)c(N1C[C@@H](C)N(C(c3ccc(F)cc3)C(F)(F)COC)C[C@@H]1C)cc(=O)n2C. The zero-order chi connectivity index (χ0) is 26.2. The lowest BCUT2D eigenvalue weighted by Gasteiger charge is -2.49. The zero-order valence-corrected chi connectivity index (χ0v) is 20.6. The van der Waals surface area contributed by atoms with E-state index in [-0.39, 0.29) is 30.0 Å². The molecule has 1 aliphatic heterocycles. The van der Waals surface area contributed by atoms with Crippen LogP contribution in [0.25, 0.3) is 15.9 Å². The van der Waals surface area contributed by atoms with Gasteiger partial charge in [-0.25, -0.2) is 13.2 Å². The molecule has 190 valence electrons. The van der Waals surface area contributed by atoms with E-state index in [9.17, 15) is 9.18 Å². The normalized spacial score (nSPS) is 19.9. The molecule has 0 amide bonds. The van der Waals surface area contributed by atoms with Gasteiger partial charge in [-0.05, 0) is 43.7 Å². The van der Waals surface area contributed by atoms with E-state index >= 15 is 8.78 Å². The van der Waals surface area contributed by atoms with Gasteiger partial charge in [-0.15, -0.1) is 4.98 Å². The second kappa shape index (κ2) is 9.91. The van der Waals surface area contributed by atoms with Gasteiger partial charge >= 0.3 is 0 Å². The molecule has 3 atom stereocenters. The van der Waals surface area contributed by atoms with E-state index in [1.165, 1.54) is 42.0 Å². The standard InChI is InChI=1S/C26H28F3N5O2/c1-16-14-34(25(26(28,29)15-36-5)18-6-8-19(27)9-7-18)17(2)13-33(16)21-12-23(35)32(4)20-10-11-22(30-3)31-24(20)21/h6-12,16-17,25H,13-15H2,1-2,4-5H3/t16-,17+,25?/m0/s1. The fourth-order valence-corrected chi connectivity index (χ4v) is 5.03. The summed E-state index contributed by atoms with van der Waals surface area (Å²) in [7, 11) is 2.87. The van der Waals surface area contributed by atoms with Gasteiger partial charge in [0.05, 0.1) is 11.2 Å². The number of benzene rings is 1. The van der Waals surface area contributed by atoms with E-state index < -0.39 is 24.4 Å². The second-order valence-corrected chi connectivity index (χ2v) is 9.27. The molecule has 0 radical (unpaired) electrons. The first-order chi connectivity index (χ1) is 17.1. The van der Waals surface area contributed by atoms with Crippen LogP contribution in [-0.4, -0.2) is 59.3 Å². The quantitative estimate of drug-likeness (QED) is 0.466. The van der Waals surface area contributed by atoms with Crippen LogP contribution in [0.2, 0.25) is 0 Å². The molecule has 0 bridgehead atoms. The number of piperazine rings is 1. The molecule has 0 aliphatic carbocycles. The van der Waals surface area contributed by atoms with Crippen LogP contribution in [-0.2, 0) is 11.8 Å². The summed E-state index contributed by atoms with van der Waals surface area (Å²) < 4.78 is 50.7. The van der Waals surface area contributed by atoms with Gasteiger partial charge in [-0.2, -0.15) is 0 Å². The fourth-order valence-electron chi connectivity index (χ4n) is 5.03. The number of rotatable bonds is 6. The van der Waals surface area contributed by atoms with Gasteiger partial charge in [0.25, 0.3) is 17.3 Å². The van der Waals surface area contributed by atoms with Crippen LogP contribution in [0, 0.1) is 12.4 Å². The molecule has 1 fully saturated rings. The lowest BCUT2D eigenvalue weighted by molar-refractivity contribution is -0.135. The van der Waals surface area contributed by atoms with Crippen molar-refractivity contribution in [3.8, 4) is 0 Å². The highest BCUT2D eigenvalue weighted by molar-refractivity contribution is 5.89. The van der Waals surface area contributed by atoms with Crippen LogP contribution < -0.4 is 10.5 Å². The number of methoxy groups -OCH3 is 1. The summed E-state index contributed by atoms with van der Waals surface area (Å²) >= 11 is 0. The topological polar surface area (TPSA) is 55.0 Å². The second-order valence-electron chi connectivity index (χ2n) is 9.27. The van der Waals surface area contributed by atoms with Crippen LogP contribution in [0.4, 0.5) is 24.7 Å². The first kappa shape index (κ1) is 25.7. The Kier molecular flexibility index (Phi) is 7.07. The molecule has 1 unspecified atom stereocenters. The van der Waals surface area contributed by atoms with E-state index in [1.54, 1.807) is 24.1 Å². The maximum absolute atomic E-state index is 15.4. The first-order valence-corrected chi connectivity index (χ1v) is 11.6. The minimum absolute atomic E-state index is 0.206. The third-order valence-corrected chi connectivity index (χ3v) is 6.77. The molecule has 10 heteroatoms. The summed E-state index contributed by atoms with van der Waals surface area (Å²) in [5.41, 5.74) is 1.74. The molecule has 1 saturated heterocycles. The zero-order valence-electron chi connectivity index (χ0n) is 20.6. The number of nitrogens with zero attached hydrogens (tertiary/aromatic N) is 5. The van der Waals surface area contributed by atoms with Crippen LogP contribution in [0.5, 0.6) is 0 Å². The number of aromatic nitrogens is 2. The summed E-state index contributed by atoms with van der Waals surface area (Å²) in [6.07, 6.45) is 0. The van der Waals surface area contributed by atoms with Gasteiger partial charge in [-0.1, -0.05) is 18.7 Å². The Morgan fingerprint density at radius 3 is 2.50 bits per heavy atom. The van der Waals surface area contributed by atoms with Crippen molar-refractivity contribution in [2.24, 2.45) is 7.05 Å². The Bertz CT molecular complexity index is 1350. The number of hydrogen-bond donors (Lipinski definition) is 0. The summed E-state index contributed by atoms with van der Waals surface area (Å²) in [6, 6.07) is 7.93. The van der Waals surface area contributed by atoms with Crippen LogP contribution in [0.15, 0.2) is 47.3 Å². The number of anilines is 1. The van der Waals surface area contributed by atoms with Crippen molar-refractivity contribution < 1.29 is 17.9 Å². The highest BCUT2D eigenvalue weighted by Gasteiger charge is 2.48. The third-order valence-electron chi connectivity index (χ3n) is 6.77. The minimum atomic E-state index is -3.23. The highest BCUT2D eigenvalue weighted by Crippen LogP contribution is 2.41. The molecule has 1 aliphatic rings. The molecule has 3 heterocycles. The van der Waals surface area contributed by atoms with Gasteiger partial charge < -0.3 is 19.0 Å². The number of pyridine rings is 2. The number of fused-ring (bicyclic) bond motifs is 1. The highest BCUT2D eigenvalue weighted by atomic mass is 19.3. The molecule has 0 N–H and O–H groups in total. The van der Waals surface area contributed by atoms with Crippen molar-refractivity contribution in [2.45, 2.75) is 37.9 Å². The molecular formula is C26H28F3N5O2. The molecule has 0 spiro atoms. The van der Waals surface area contributed by atoms with Gasteiger partial charge in [0.1, 0.15) is 18.5 Å². The van der Waals surface area contributed by atoms with Gasteiger partial charge in [0, 0.05) is 45.4 Å². The number of ether oxygens (including phenoxy) is 1. The van der Waals surface area contributed by atoms with Crippen molar-refractivity contribution in [1.82, 2.24) is 14.5 Å². The molecule has 2 aromatic heterocycles. The van der Waals surface area contributed by atoms with E-state index in [0.717, 1.165) is 0 Å². The monoisotopic (exact) mass is 499 g/mol. The predicted octanol–water partition coefficient (Wildman–Crippen LogP) is 4.55.